The summed E-state index contributed by atoms with van der Waals surface area (Å²) in [4.78, 5) is 16.2. The average molecular weight is 352 g/mol. The van der Waals surface area contributed by atoms with Crippen LogP contribution in [0, 0.1) is 0 Å². The molecule has 0 aromatic carbocycles. The van der Waals surface area contributed by atoms with Gasteiger partial charge in [0.15, 0.2) is 5.82 Å². The van der Waals surface area contributed by atoms with Gasteiger partial charge >= 0.3 is 6.03 Å². The van der Waals surface area contributed by atoms with Crippen LogP contribution in [0.2, 0.25) is 0 Å². The van der Waals surface area contributed by atoms with Crippen LogP contribution in [0.25, 0.3) is 5.82 Å². The summed E-state index contributed by atoms with van der Waals surface area (Å²) in [5.74, 6) is 0.509. The number of amides is 2. The number of aromatic nitrogens is 3. The highest BCUT2D eigenvalue weighted by Gasteiger charge is 2.11. The van der Waals surface area contributed by atoms with E-state index in [1.54, 1.807) is 41.5 Å². The van der Waals surface area contributed by atoms with Crippen molar-refractivity contribution in [3.8, 4) is 5.82 Å². The number of pyridine rings is 1. The van der Waals surface area contributed by atoms with Crippen molar-refractivity contribution in [1.82, 2.24) is 24.4 Å². The van der Waals surface area contributed by atoms with Gasteiger partial charge in [0.05, 0.1) is 11.9 Å². The van der Waals surface area contributed by atoms with Crippen molar-refractivity contribution in [3.63, 3.8) is 0 Å². The second kappa shape index (κ2) is 7.88. The maximum Gasteiger partial charge on any atom is 0.319 e. The smallest absolute Gasteiger partial charge is 0.319 e. The lowest BCUT2D eigenvalue weighted by Gasteiger charge is -2.14. The molecule has 2 N–H and O–H groups in total. The molecule has 2 rings (SSSR count). The van der Waals surface area contributed by atoms with Gasteiger partial charge in [0, 0.05) is 38.7 Å². The molecule has 2 aromatic rings. The van der Waals surface area contributed by atoms with Gasteiger partial charge in [-0.2, -0.15) is 5.10 Å². The molecule has 0 aliphatic carbocycles. The second-order valence-corrected chi connectivity index (χ2v) is 7.23. The first-order chi connectivity index (χ1) is 11.4. The van der Waals surface area contributed by atoms with E-state index in [-0.39, 0.29) is 0 Å². The molecule has 0 saturated carbocycles. The zero-order valence-electron chi connectivity index (χ0n) is 13.5. The standard InChI is InChI=1S/C14H20N6O3S/c1-19(24(2,22)23)10-4-8-16-14(21)18-12-6-3-7-15-13(12)20-11-5-9-17-20/h3,5-7,9,11H,4,8,10H2,1-2H3,(H2,16,18,21). The summed E-state index contributed by atoms with van der Waals surface area (Å²) in [7, 11) is -1.69. The lowest BCUT2D eigenvalue weighted by molar-refractivity contribution is 0.251. The Labute approximate surface area is 140 Å². The Kier molecular flexibility index (Phi) is 5.88. The van der Waals surface area contributed by atoms with Crippen LogP contribution < -0.4 is 10.6 Å². The van der Waals surface area contributed by atoms with Gasteiger partial charge in [-0.05, 0) is 24.6 Å². The van der Waals surface area contributed by atoms with Gasteiger partial charge in [-0.3, -0.25) is 0 Å². The first-order valence-corrected chi connectivity index (χ1v) is 9.14. The minimum atomic E-state index is -3.20. The highest BCUT2D eigenvalue weighted by molar-refractivity contribution is 7.88. The highest BCUT2D eigenvalue weighted by Crippen LogP contribution is 2.15. The van der Waals surface area contributed by atoms with Gasteiger partial charge < -0.3 is 10.6 Å². The number of nitrogens with zero attached hydrogens (tertiary/aromatic N) is 4. The van der Waals surface area contributed by atoms with Crippen molar-refractivity contribution in [2.24, 2.45) is 0 Å². The third-order valence-electron chi connectivity index (χ3n) is 3.26. The molecule has 0 aliphatic rings. The fraction of sp³-hybridized carbons (Fsp3) is 0.357. The summed E-state index contributed by atoms with van der Waals surface area (Å²) in [6.45, 7) is 0.688. The summed E-state index contributed by atoms with van der Waals surface area (Å²) >= 11 is 0. The first kappa shape index (κ1) is 17.9. The van der Waals surface area contributed by atoms with E-state index in [9.17, 15) is 13.2 Å². The lowest BCUT2D eigenvalue weighted by Crippen LogP contribution is -2.33. The van der Waals surface area contributed by atoms with Crippen molar-refractivity contribution in [3.05, 3.63) is 36.8 Å². The molecule has 0 fully saturated rings. The van der Waals surface area contributed by atoms with E-state index in [0.717, 1.165) is 6.26 Å². The summed E-state index contributed by atoms with van der Waals surface area (Å²) in [5, 5.41) is 9.49. The second-order valence-electron chi connectivity index (χ2n) is 5.14. The highest BCUT2D eigenvalue weighted by atomic mass is 32.2. The number of hydrogen-bond acceptors (Lipinski definition) is 5. The Morgan fingerprint density at radius 3 is 2.79 bits per heavy atom. The van der Waals surface area contributed by atoms with Gasteiger partial charge in [-0.25, -0.2) is 27.2 Å². The van der Waals surface area contributed by atoms with Crippen molar-refractivity contribution in [2.75, 3.05) is 31.7 Å². The Bertz CT molecular complexity index is 776. The number of urea groups is 1. The lowest BCUT2D eigenvalue weighted by atomic mass is 10.4. The fourth-order valence-electron chi connectivity index (χ4n) is 1.91. The van der Waals surface area contributed by atoms with Crippen LogP contribution in [0.4, 0.5) is 10.5 Å². The minimum absolute atomic E-state index is 0.338. The number of nitrogens with one attached hydrogen (secondary N) is 2. The predicted octanol–water partition coefficient (Wildman–Crippen LogP) is 0.670. The Morgan fingerprint density at radius 2 is 2.12 bits per heavy atom. The molecule has 2 heterocycles. The third kappa shape index (κ3) is 5.03. The number of carbonyl (C=O) groups excluding carboxylic acids is 1. The molecule has 0 aliphatic heterocycles. The van der Waals surface area contributed by atoms with E-state index < -0.39 is 16.1 Å². The van der Waals surface area contributed by atoms with Gasteiger partial charge in [-0.1, -0.05) is 0 Å². The molecule has 0 radical (unpaired) electrons. The zero-order chi connectivity index (χ0) is 17.6. The van der Waals surface area contributed by atoms with Gasteiger partial charge in [0.25, 0.3) is 0 Å². The average Bonchev–Trinajstić information content (AvgIpc) is 3.05. The van der Waals surface area contributed by atoms with E-state index in [0.29, 0.717) is 31.0 Å². The van der Waals surface area contributed by atoms with Gasteiger partial charge in [0.2, 0.25) is 10.0 Å². The topological polar surface area (TPSA) is 109 Å². The Morgan fingerprint density at radius 1 is 1.33 bits per heavy atom. The maximum atomic E-state index is 12.0. The van der Waals surface area contributed by atoms with Crippen LogP contribution in [-0.4, -0.2) is 59.9 Å². The third-order valence-corrected chi connectivity index (χ3v) is 4.57. The summed E-state index contributed by atoms with van der Waals surface area (Å²) in [6.07, 6.45) is 6.62. The molecule has 2 aromatic heterocycles. The summed E-state index contributed by atoms with van der Waals surface area (Å²) in [6, 6.07) is 4.81. The first-order valence-electron chi connectivity index (χ1n) is 7.29. The molecular weight excluding hydrogens is 332 g/mol. The summed E-state index contributed by atoms with van der Waals surface area (Å²) < 4.78 is 25.3. The van der Waals surface area contributed by atoms with Crippen molar-refractivity contribution in [1.29, 1.82) is 0 Å². The number of carbonyl (C=O) groups is 1. The molecule has 0 unspecified atom stereocenters. The van der Waals surface area contributed by atoms with Crippen molar-refractivity contribution >= 4 is 21.7 Å². The zero-order valence-corrected chi connectivity index (χ0v) is 14.3. The van der Waals surface area contributed by atoms with Crippen LogP contribution in [0.3, 0.4) is 0 Å². The Balaban J connectivity index is 1.86. The van der Waals surface area contributed by atoms with Crippen LogP contribution in [-0.2, 0) is 10.0 Å². The van der Waals surface area contributed by atoms with Crippen molar-refractivity contribution in [2.45, 2.75) is 6.42 Å². The number of hydrogen-bond donors (Lipinski definition) is 2. The number of rotatable bonds is 7. The van der Waals surface area contributed by atoms with Gasteiger partial charge in [-0.15, -0.1) is 0 Å². The molecule has 9 nitrogen and oxygen atoms in total. The molecule has 0 atom stereocenters. The predicted molar refractivity (Wildman–Crippen MR) is 90.5 cm³/mol. The molecule has 0 bridgehead atoms. The quantitative estimate of drug-likeness (QED) is 0.712. The van der Waals surface area contributed by atoms with E-state index in [4.69, 9.17) is 0 Å². The van der Waals surface area contributed by atoms with E-state index in [2.05, 4.69) is 20.7 Å². The summed E-state index contributed by atoms with van der Waals surface area (Å²) in [5.41, 5.74) is 0.520. The monoisotopic (exact) mass is 352 g/mol. The molecule has 24 heavy (non-hydrogen) atoms. The van der Waals surface area contributed by atoms with E-state index >= 15 is 0 Å². The molecule has 2 amide bonds. The Hall–Kier alpha value is -2.46. The van der Waals surface area contributed by atoms with E-state index in [1.807, 2.05) is 0 Å². The van der Waals surface area contributed by atoms with Crippen LogP contribution in [0.5, 0.6) is 0 Å². The number of sulfonamides is 1. The van der Waals surface area contributed by atoms with Gasteiger partial charge in [0.1, 0.15) is 0 Å². The van der Waals surface area contributed by atoms with Crippen LogP contribution in [0.15, 0.2) is 36.8 Å². The fourth-order valence-corrected chi connectivity index (χ4v) is 2.37. The molecule has 10 heteroatoms. The molecule has 130 valence electrons. The molecule has 0 spiro atoms. The van der Waals surface area contributed by atoms with E-state index in [1.165, 1.54) is 11.4 Å². The van der Waals surface area contributed by atoms with Crippen LogP contribution in [0.1, 0.15) is 6.42 Å². The minimum Gasteiger partial charge on any atom is -0.338 e. The largest absolute Gasteiger partial charge is 0.338 e. The number of anilines is 1. The molecule has 0 saturated heterocycles. The normalized spacial score (nSPS) is 11.5. The SMILES string of the molecule is CN(CCCNC(=O)Nc1cccnc1-n1cccn1)S(C)(=O)=O. The maximum absolute atomic E-state index is 12.0. The van der Waals surface area contributed by atoms with Crippen LogP contribution >= 0.6 is 0 Å². The molecular formula is C14H20N6O3S. The van der Waals surface area contributed by atoms with Crippen molar-refractivity contribution < 1.29 is 13.2 Å².